The number of aliphatic hydroxyl groups excluding tert-OH is 3. The van der Waals surface area contributed by atoms with Crippen LogP contribution in [0.5, 0.6) is 0 Å². The summed E-state index contributed by atoms with van der Waals surface area (Å²) < 4.78 is 0. The van der Waals surface area contributed by atoms with Crippen molar-refractivity contribution in [2.24, 2.45) is 0 Å². The summed E-state index contributed by atoms with van der Waals surface area (Å²) in [7, 11) is 0. The second-order valence-corrected chi connectivity index (χ2v) is 21.6. The third kappa shape index (κ3) is 54.2. The van der Waals surface area contributed by atoms with Gasteiger partial charge in [0.05, 0.1) is 18.8 Å². The Bertz CT molecular complexity index is 1070. The first-order chi connectivity index (χ1) is 34.1. The van der Waals surface area contributed by atoms with E-state index in [9.17, 15) is 20.1 Å². The lowest BCUT2D eigenvalue weighted by atomic mass is 10.0. The molecule has 5 heteroatoms. The monoisotopic (exact) mass is 970 g/mol. The Kier molecular flexibility index (Phi) is 57.9. The van der Waals surface area contributed by atoms with E-state index in [1.807, 2.05) is 6.08 Å². The van der Waals surface area contributed by atoms with Crippen molar-refractivity contribution in [3.63, 3.8) is 0 Å². The predicted octanol–water partition coefficient (Wildman–Crippen LogP) is 19.8. The van der Waals surface area contributed by atoms with Gasteiger partial charge in [0, 0.05) is 0 Å². The zero-order chi connectivity index (χ0) is 50.0. The number of rotatable bonds is 58. The number of nitrogens with one attached hydrogen (secondary N) is 1. The lowest BCUT2D eigenvalue weighted by Gasteiger charge is -2.21. The number of carbonyl (C=O) groups excluding carboxylic acids is 1. The third-order valence-corrected chi connectivity index (χ3v) is 14.7. The van der Waals surface area contributed by atoms with Gasteiger partial charge in [-0.3, -0.25) is 4.79 Å². The lowest BCUT2D eigenvalue weighted by Crippen LogP contribution is -2.48. The van der Waals surface area contributed by atoms with Crippen LogP contribution in [0.25, 0.3) is 0 Å². The maximum atomic E-state index is 12.6. The van der Waals surface area contributed by atoms with Gasteiger partial charge in [-0.05, 0) is 44.9 Å². The molecule has 0 bridgehead atoms. The van der Waals surface area contributed by atoms with Crippen molar-refractivity contribution in [3.05, 3.63) is 36.5 Å². The number of hydrogen-bond acceptors (Lipinski definition) is 4. The zero-order valence-electron chi connectivity index (χ0n) is 46.7. The van der Waals surface area contributed by atoms with Crippen LogP contribution in [0.2, 0.25) is 0 Å². The molecule has 0 aliphatic heterocycles. The van der Waals surface area contributed by atoms with Gasteiger partial charge in [-0.1, -0.05) is 333 Å². The molecule has 0 saturated carbocycles. The standard InChI is InChI=1S/C64H123NO4/c1-3-5-7-9-11-13-15-17-19-21-23-25-27-28-29-30-31-32-33-34-35-37-39-41-43-45-47-49-51-53-55-57-59-63(68)64(69)65-61(60-66)62(67)58-56-54-52-50-48-46-44-42-40-38-36-26-24-22-20-18-16-14-12-10-8-6-4-2/h40,42,48,50,56,58,61-63,66-68H,3-39,41,43-47,49,51-55,57,59-60H2,1-2H3,(H,65,69)/b42-40+,50-48+,58-56+. The number of allylic oxidation sites excluding steroid dienone is 5. The van der Waals surface area contributed by atoms with Crippen LogP contribution in [0.15, 0.2) is 36.5 Å². The molecular weight excluding hydrogens is 847 g/mol. The van der Waals surface area contributed by atoms with Gasteiger partial charge in [-0.25, -0.2) is 0 Å². The molecule has 0 radical (unpaired) electrons. The molecule has 1 amide bonds. The highest BCUT2D eigenvalue weighted by Gasteiger charge is 2.22. The molecule has 0 aromatic carbocycles. The maximum absolute atomic E-state index is 12.6. The van der Waals surface area contributed by atoms with Crippen molar-refractivity contribution in [1.29, 1.82) is 0 Å². The average Bonchev–Trinajstić information content (AvgIpc) is 3.35. The summed E-state index contributed by atoms with van der Waals surface area (Å²) >= 11 is 0. The fourth-order valence-electron chi connectivity index (χ4n) is 9.87. The van der Waals surface area contributed by atoms with Crippen LogP contribution in [-0.4, -0.2) is 46.1 Å². The Morgan fingerprint density at radius 3 is 0.884 bits per heavy atom. The molecule has 0 aliphatic rings. The summed E-state index contributed by atoms with van der Waals surface area (Å²) in [6.45, 7) is 4.21. The van der Waals surface area contributed by atoms with Crippen molar-refractivity contribution in [1.82, 2.24) is 5.32 Å². The minimum atomic E-state index is -1.11. The Morgan fingerprint density at radius 2 is 0.594 bits per heavy atom. The average molecular weight is 971 g/mol. The first kappa shape index (κ1) is 67.6. The first-order valence-corrected chi connectivity index (χ1v) is 31.3. The summed E-state index contributed by atoms with van der Waals surface area (Å²) in [6.07, 6.45) is 78.3. The van der Waals surface area contributed by atoms with Gasteiger partial charge in [0.25, 0.3) is 0 Å². The smallest absolute Gasteiger partial charge is 0.249 e. The maximum Gasteiger partial charge on any atom is 0.249 e. The van der Waals surface area contributed by atoms with Gasteiger partial charge < -0.3 is 20.6 Å². The summed E-state index contributed by atoms with van der Waals surface area (Å²) in [4.78, 5) is 12.6. The summed E-state index contributed by atoms with van der Waals surface area (Å²) in [6, 6.07) is -0.821. The van der Waals surface area contributed by atoms with Crippen LogP contribution < -0.4 is 5.32 Å². The molecule has 0 rings (SSSR count). The van der Waals surface area contributed by atoms with Crippen molar-refractivity contribution in [2.75, 3.05) is 6.61 Å². The minimum Gasteiger partial charge on any atom is -0.394 e. The molecule has 408 valence electrons. The highest BCUT2D eigenvalue weighted by molar-refractivity contribution is 5.80. The Morgan fingerprint density at radius 1 is 0.348 bits per heavy atom. The van der Waals surface area contributed by atoms with Crippen molar-refractivity contribution in [3.8, 4) is 0 Å². The first-order valence-electron chi connectivity index (χ1n) is 31.3. The van der Waals surface area contributed by atoms with E-state index in [1.54, 1.807) is 6.08 Å². The SMILES string of the molecule is CCCCCCCCCCCCCCC/C=C/CC/C=C/CC/C=C/C(O)C(CO)NC(=O)C(O)CCCCCCCCCCCCCCCCCCCCCCCCCCCCCCCCCC. The molecule has 0 fully saturated rings. The van der Waals surface area contributed by atoms with Gasteiger partial charge >= 0.3 is 0 Å². The van der Waals surface area contributed by atoms with Crippen molar-refractivity contribution >= 4 is 5.91 Å². The highest BCUT2D eigenvalue weighted by Crippen LogP contribution is 2.18. The lowest BCUT2D eigenvalue weighted by molar-refractivity contribution is -0.131. The van der Waals surface area contributed by atoms with Crippen LogP contribution in [0.1, 0.15) is 341 Å². The number of hydrogen-bond donors (Lipinski definition) is 4. The molecule has 69 heavy (non-hydrogen) atoms. The number of aliphatic hydroxyl groups is 3. The second kappa shape index (κ2) is 59.1. The molecule has 5 nitrogen and oxygen atoms in total. The normalized spacial score (nSPS) is 13.4. The fourth-order valence-corrected chi connectivity index (χ4v) is 9.87. The van der Waals surface area contributed by atoms with Crippen LogP contribution in [0, 0.1) is 0 Å². The van der Waals surface area contributed by atoms with Crippen molar-refractivity contribution < 1.29 is 20.1 Å². The Labute approximate surface area is 432 Å². The van der Waals surface area contributed by atoms with Gasteiger partial charge in [0.2, 0.25) is 5.91 Å². The molecule has 4 N–H and O–H groups in total. The van der Waals surface area contributed by atoms with E-state index in [-0.39, 0.29) is 6.61 Å². The van der Waals surface area contributed by atoms with E-state index >= 15 is 0 Å². The predicted molar refractivity (Wildman–Crippen MR) is 305 cm³/mol. The highest BCUT2D eigenvalue weighted by atomic mass is 16.3. The largest absolute Gasteiger partial charge is 0.394 e. The van der Waals surface area contributed by atoms with E-state index < -0.39 is 24.2 Å². The van der Waals surface area contributed by atoms with Gasteiger partial charge in [-0.15, -0.1) is 0 Å². The van der Waals surface area contributed by atoms with Gasteiger partial charge in [0.15, 0.2) is 0 Å². The van der Waals surface area contributed by atoms with E-state index in [2.05, 4.69) is 43.5 Å². The molecular formula is C64H123NO4. The third-order valence-electron chi connectivity index (χ3n) is 14.7. The van der Waals surface area contributed by atoms with Crippen LogP contribution in [-0.2, 0) is 4.79 Å². The number of amides is 1. The number of carbonyl (C=O) groups is 1. The molecule has 0 spiro atoms. The van der Waals surface area contributed by atoms with E-state index in [4.69, 9.17) is 0 Å². The molecule has 0 aromatic rings. The zero-order valence-corrected chi connectivity index (χ0v) is 46.7. The summed E-state index contributed by atoms with van der Waals surface area (Å²) in [5, 5.41) is 33.4. The second-order valence-electron chi connectivity index (χ2n) is 21.6. The summed E-state index contributed by atoms with van der Waals surface area (Å²) in [5.74, 6) is -0.511. The topological polar surface area (TPSA) is 89.8 Å². The number of unbranched alkanes of at least 4 members (excludes halogenated alkanes) is 46. The quantitative estimate of drug-likeness (QED) is 0.0361. The van der Waals surface area contributed by atoms with Gasteiger partial charge in [0.1, 0.15) is 6.10 Å². The minimum absolute atomic E-state index is 0.379. The molecule has 3 unspecified atom stereocenters. The van der Waals surface area contributed by atoms with E-state index in [0.29, 0.717) is 6.42 Å². The van der Waals surface area contributed by atoms with Gasteiger partial charge in [-0.2, -0.15) is 0 Å². The fraction of sp³-hybridized carbons (Fsp3) is 0.891. The molecule has 3 atom stereocenters. The van der Waals surface area contributed by atoms with Crippen LogP contribution in [0.3, 0.4) is 0 Å². The Hall–Kier alpha value is -1.43. The summed E-state index contributed by atoms with van der Waals surface area (Å²) in [5.41, 5.74) is 0. The van der Waals surface area contributed by atoms with E-state index in [0.717, 1.165) is 44.9 Å². The van der Waals surface area contributed by atoms with Crippen LogP contribution >= 0.6 is 0 Å². The molecule has 0 aliphatic carbocycles. The molecule has 0 heterocycles. The van der Waals surface area contributed by atoms with Crippen molar-refractivity contribution in [2.45, 2.75) is 360 Å². The Balaban J connectivity index is 3.55. The molecule has 0 saturated heterocycles. The van der Waals surface area contributed by atoms with E-state index in [1.165, 1.54) is 276 Å². The molecule has 0 aromatic heterocycles. The van der Waals surface area contributed by atoms with Crippen LogP contribution in [0.4, 0.5) is 0 Å².